The maximum absolute atomic E-state index is 9.79. The lowest BCUT2D eigenvalue weighted by Gasteiger charge is -2.06. The summed E-state index contributed by atoms with van der Waals surface area (Å²) in [5.41, 5.74) is 2.93. The summed E-state index contributed by atoms with van der Waals surface area (Å²) in [6.45, 7) is 0.789. The van der Waals surface area contributed by atoms with Crippen LogP contribution >= 0.6 is 0 Å². The summed E-state index contributed by atoms with van der Waals surface area (Å²) in [4.78, 5) is 7.48. The summed E-state index contributed by atoms with van der Waals surface area (Å²) >= 11 is 0. The van der Waals surface area contributed by atoms with E-state index in [1.54, 1.807) is 6.20 Å². The second kappa shape index (κ2) is 3.82. The number of quaternary nitrogens is 1. The number of aromatic hydroxyl groups is 1. The van der Waals surface area contributed by atoms with Gasteiger partial charge in [0.1, 0.15) is 12.1 Å². The molecule has 0 aliphatic heterocycles. The largest absolute Gasteiger partial charge is 0.502 e. The van der Waals surface area contributed by atoms with Crippen molar-refractivity contribution >= 4 is 11.0 Å². The lowest BCUT2D eigenvalue weighted by molar-refractivity contribution is -0.872. The van der Waals surface area contributed by atoms with Gasteiger partial charge in [-0.15, -0.1) is 0 Å². The molecule has 0 saturated carbocycles. The van der Waals surface area contributed by atoms with E-state index in [2.05, 4.69) is 24.1 Å². The maximum Gasteiger partial charge on any atom is 0.288 e. The summed E-state index contributed by atoms with van der Waals surface area (Å²) in [7, 11) is 4.12. The SMILES string of the molecule is C[NH+](C)Cc1c(O)c[nH+]c2ccc[nH+]c12. The molecule has 0 bridgehead atoms. The first-order valence-electron chi connectivity index (χ1n) is 5.00. The summed E-state index contributed by atoms with van der Waals surface area (Å²) in [6, 6.07) is 3.92. The van der Waals surface area contributed by atoms with Gasteiger partial charge in [-0.05, 0) is 0 Å². The Morgan fingerprint density at radius 3 is 2.87 bits per heavy atom. The second-order valence-electron chi connectivity index (χ2n) is 4.00. The van der Waals surface area contributed by atoms with E-state index in [9.17, 15) is 5.11 Å². The first kappa shape index (κ1) is 9.86. The van der Waals surface area contributed by atoms with Crippen LogP contribution in [0.4, 0.5) is 0 Å². The zero-order chi connectivity index (χ0) is 10.8. The predicted molar refractivity (Wildman–Crippen MR) is 55.2 cm³/mol. The lowest BCUT2D eigenvalue weighted by atomic mass is 10.1. The normalized spacial score (nSPS) is 11.1. The molecule has 4 nitrogen and oxygen atoms in total. The number of fused-ring (bicyclic) bond motifs is 1. The molecule has 0 atom stereocenters. The van der Waals surface area contributed by atoms with Crippen LogP contribution in [-0.4, -0.2) is 19.2 Å². The monoisotopic (exact) mass is 206 g/mol. The molecular formula is C11H16N3O+3. The van der Waals surface area contributed by atoms with E-state index < -0.39 is 0 Å². The van der Waals surface area contributed by atoms with E-state index in [4.69, 9.17) is 0 Å². The van der Waals surface area contributed by atoms with Crippen molar-refractivity contribution in [3.63, 3.8) is 0 Å². The molecule has 78 valence electrons. The number of aromatic amines is 2. The fourth-order valence-corrected chi connectivity index (χ4v) is 1.70. The highest BCUT2D eigenvalue weighted by atomic mass is 16.3. The number of nitrogens with one attached hydrogen (secondary N) is 3. The summed E-state index contributed by atoms with van der Waals surface area (Å²) in [6.07, 6.45) is 3.50. The Morgan fingerprint density at radius 1 is 1.33 bits per heavy atom. The van der Waals surface area contributed by atoms with E-state index >= 15 is 0 Å². The average molecular weight is 206 g/mol. The number of aromatic nitrogens is 2. The van der Waals surface area contributed by atoms with Crippen LogP contribution in [0.25, 0.3) is 11.0 Å². The molecule has 0 amide bonds. The zero-order valence-electron chi connectivity index (χ0n) is 8.96. The third-order valence-corrected chi connectivity index (χ3v) is 2.36. The van der Waals surface area contributed by atoms with E-state index in [-0.39, 0.29) is 0 Å². The highest BCUT2D eigenvalue weighted by Gasteiger charge is 2.19. The molecule has 0 fully saturated rings. The molecule has 0 saturated heterocycles. The van der Waals surface area contributed by atoms with Crippen molar-refractivity contribution in [2.45, 2.75) is 6.54 Å². The van der Waals surface area contributed by atoms with Gasteiger partial charge in [0.25, 0.3) is 11.0 Å². The Balaban J connectivity index is 2.63. The zero-order valence-corrected chi connectivity index (χ0v) is 8.96. The third kappa shape index (κ3) is 1.89. The van der Waals surface area contributed by atoms with Crippen molar-refractivity contribution in [1.29, 1.82) is 0 Å². The van der Waals surface area contributed by atoms with Crippen LogP contribution in [0.3, 0.4) is 0 Å². The Bertz CT molecular complexity index is 482. The van der Waals surface area contributed by atoms with Crippen molar-refractivity contribution in [3.8, 4) is 5.75 Å². The van der Waals surface area contributed by atoms with Crippen molar-refractivity contribution in [2.24, 2.45) is 0 Å². The van der Waals surface area contributed by atoms with Crippen LogP contribution < -0.4 is 14.9 Å². The topological polar surface area (TPSA) is 53.0 Å². The predicted octanol–water partition coefficient (Wildman–Crippen LogP) is -1.18. The Morgan fingerprint density at radius 2 is 2.13 bits per heavy atom. The van der Waals surface area contributed by atoms with Gasteiger partial charge in [-0.25, -0.2) is 9.97 Å². The van der Waals surface area contributed by atoms with Crippen LogP contribution in [0.1, 0.15) is 5.56 Å². The van der Waals surface area contributed by atoms with Gasteiger partial charge in [-0.3, -0.25) is 0 Å². The third-order valence-electron chi connectivity index (χ3n) is 2.36. The molecular weight excluding hydrogens is 190 g/mol. The van der Waals surface area contributed by atoms with Gasteiger partial charge in [-0.2, -0.15) is 0 Å². The Kier molecular flexibility index (Phi) is 2.51. The second-order valence-corrected chi connectivity index (χ2v) is 4.00. The molecule has 2 aromatic heterocycles. The number of hydrogen-bond acceptors (Lipinski definition) is 1. The lowest BCUT2D eigenvalue weighted by Crippen LogP contribution is -3.04. The highest BCUT2D eigenvalue weighted by molar-refractivity contribution is 5.72. The maximum atomic E-state index is 9.79. The van der Waals surface area contributed by atoms with Gasteiger partial charge in [0, 0.05) is 12.1 Å². The molecule has 0 spiro atoms. The molecule has 0 radical (unpaired) electrons. The standard InChI is InChI=1S/C11H13N3O/c1-14(2)7-8-10(15)6-13-9-4-3-5-12-11(8)9/h3-6,15H,7H2,1-2H3/p+3. The van der Waals surface area contributed by atoms with Gasteiger partial charge in [-0.1, -0.05) is 0 Å². The van der Waals surface area contributed by atoms with Gasteiger partial charge >= 0.3 is 0 Å². The average Bonchev–Trinajstić information content (AvgIpc) is 2.22. The summed E-state index contributed by atoms with van der Waals surface area (Å²) in [5, 5.41) is 9.79. The molecule has 4 heteroatoms. The molecule has 0 aromatic carbocycles. The first-order valence-corrected chi connectivity index (χ1v) is 5.00. The van der Waals surface area contributed by atoms with Crippen LogP contribution in [0.15, 0.2) is 24.5 Å². The summed E-state index contributed by atoms with van der Waals surface area (Å²) in [5.74, 6) is 0.311. The van der Waals surface area contributed by atoms with Gasteiger partial charge in [0.05, 0.1) is 14.1 Å². The molecule has 0 aliphatic rings. The van der Waals surface area contributed by atoms with Crippen LogP contribution in [0, 0.1) is 0 Å². The molecule has 2 heterocycles. The number of pyridine rings is 2. The molecule has 4 N–H and O–H groups in total. The van der Waals surface area contributed by atoms with Gasteiger partial charge in [0.2, 0.25) is 6.20 Å². The molecule has 0 aliphatic carbocycles. The van der Waals surface area contributed by atoms with Crippen LogP contribution in [0.2, 0.25) is 0 Å². The van der Waals surface area contributed by atoms with Crippen LogP contribution in [-0.2, 0) is 6.54 Å². The Hall–Kier alpha value is -1.68. The van der Waals surface area contributed by atoms with E-state index in [1.807, 2.05) is 18.3 Å². The van der Waals surface area contributed by atoms with Crippen LogP contribution in [0.5, 0.6) is 5.75 Å². The molecule has 2 aromatic rings. The van der Waals surface area contributed by atoms with Gasteiger partial charge in [0.15, 0.2) is 11.9 Å². The number of H-pyrrole nitrogens is 2. The van der Waals surface area contributed by atoms with E-state index in [1.165, 1.54) is 4.90 Å². The van der Waals surface area contributed by atoms with Crippen molar-refractivity contribution in [1.82, 2.24) is 0 Å². The minimum Gasteiger partial charge on any atom is -0.502 e. The Labute approximate surface area is 88.2 Å². The van der Waals surface area contributed by atoms with Gasteiger partial charge < -0.3 is 10.0 Å². The van der Waals surface area contributed by atoms with E-state index in [0.29, 0.717) is 5.75 Å². The van der Waals surface area contributed by atoms with Crippen molar-refractivity contribution < 1.29 is 20.0 Å². The summed E-state index contributed by atoms with van der Waals surface area (Å²) < 4.78 is 0. The number of rotatable bonds is 2. The highest BCUT2D eigenvalue weighted by Crippen LogP contribution is 2.18. The fraction of sp³-hybridized carbons (Fsp3) is 0.273. The molecule has 0 unspecified atom stereocenters. The minimum absolute atomic E-state index is 0.311. The molecule has 2 rings (SSSR count). The van der Waals surface area contributed by atoms with E-state index in [0.717, 1.165) is 23.1 Å². The smallest absolute Gasteiger partial charge is 0.288 e. The van der Waals surface area contributed by atoms with Crippen molar-refractivity contribution in [2.75, 3.05) is 14.1 Å². The first-order chi connectivity index (χ1) is 7.18. The molecule has 15 heavy (non-hydrogen) atoms. The fourth-order valence-electron chi connectivity index (χ4n) is 1.70. The quantitative estimate of drug-likeness (QED) is 0.638. The van der Waals surface area contributed by atoms with Crippen molar-refractivity contribution in [3.05, 3.63) is 30.1 Å². The minimum atomic E-state index is 0.311. The number of hydrogen-bond donors (Lipinski definition) is 2.